The predicted molar refractivity (Wildman–Crippen MR) is 106 cm³/mol. The summed E-state index contributed by atoms with van der Waals surface area (Å²) >= 11 is 1.95. The average molecular weight is 505 g/mol. The summed E-state index contributed by atoms with van der Waals surface area (Å²) in [5.41, 5.74) is -1.12. The highest BCUT2D eigenvalue weighted by Gasteiger charge is 2.44. The van der Waals surface area contributed by atoms with Crippen molar-refractivity contribution in [3.8, 4) is 0 Å². The summed E-state index contributed by atoms with van der Waals surface area (Å²) < 4.78 is 48.1. The lowest BCUT2D eigenvalue weighted by Crippen LogP contribution is -2.63. The monoisotopic (exact) mass is 505 g/mol. The number of β-amino-alcohol motifs (C(OH)–C–C–N with tert-alkyl or cyclic N) is 1. The Kier molecular flexibility index (Phi) is 6.31. The molecule has 3 rings (SSSR count). The largest absolute Gasteiger partial charge is 0.386 e. The molecule has 1 amide bonds. The normalized spacial score (nSPS) is 15.4. The van der Waals surface area contributed by atoms with Crippen LogP contribution in [0, 0.1) is 21.0 Å². The van der Waals surface area contributed by atoms with Gasteiger partial charge in [-0.3, -0.25) is 4.79 Å². The molecule has 1 saturated heterocycles. The van der Waals surface area contributed by atoms with Crippen molar-refractivity contribution in [3.63, 3.8) is 0 Å². The topological polar surface area (TPSA) is 49.8 Å². The molecule has 1 heterocycles. The molecule has 1 fully saturated rings. The molecule has 2 aromatic carbocycles. The SMILES string of the molecule is COCCC1(O)CN(C(=O)c2ccc(F)c(F)c2Cc2ccc(I)cc2F)C1. The summed E-state index contributed by atoms with van der Waals surface area (Å²) in [4.78, 5) is 14.2. The van der Waals surface area contributed by atoms with E-state index in [1.54, 1.807) is 6.07 Å². The van der Waals surface area contributed by atoms with Crippen LogP contribution >= 0.6 is 22.6 Å². The van der Waals surface area contributed by atoms with E-state index in [4.69, 9.17) is 4.74 Å². The van der Waals surface area contributed by atoms with E-state index in [9.17, 15) is 23.1 Å². The van der Waals surface area contributed by atoms with Crippen LogP contribution in [0.5, 0.6) is 0 Å². The first-order chi connectivity index (χ1) is 13.2. The molecular formula is C20H19F3INO3. The van der Waals surface area contributed by atoms with E-state index in [1.165, 1.54) is 30.2 Å². The van der Waals surface area contributed by atoms with Crippen LogP contribution in [0.3, 0.4) is 0 Å². The smallest absolute Gasteiger partial charge is 0.254 e. The quantitative estimate of drug-likeness (QED) is 0.612. The highest BCUT2D eigenvalue weighted by atomic mass is 127. The van der Waals surface area contributed by atoms with E-state index in [2.05, 4.69) is 0 Å². The van der Waals surface area contributed by atoms with Crippen LogP contribution in [0.25, 0.3) is 0 Å². The van der Waals surface area contributed by atoms with Crippen LogP contribution in [-0.2, 0) is 11.2 Å². The summed E-state index contributed by atoms with van der Waals surface area (Å²) in [6, 6.07) is 6.52. The standard InChI is InChI=1S/C20H19F3INO3/c1-28-7-6-20(27)10-25(11-20)19(26)14-4-5-16(21)18(23)15(14)8-12-2-3-13(24)9-17(12)22/h2-5,9,27H,6-8,10-11H2,1H3. The highest BCUT2D eigenvalue weighted by molar-refractivity contribution is 14.1. The number of carbonyl (C=O) groups excluding carboxylic acids is 1. The molecule has 150 valence electrons. The summed E-state index contributed by atoms with van der Waals surface area (Å²) in [6.07, 6.45) is 0.112. The van der Waals surface area contributed by atoms with Gasteiger partial charge in [-0.05, 0) is 52.4 Å². The van der Waals surface area contributed by atoms with Crippen LogP contribution in [0.1, 0.15) is 27.9 Å². The number of methoxy groups -OCH3 is 1. The van der Waals surface area contributed by atoms with Gasteiger partial charge in [-0.15, -0.1) is 0 Å². The number of halogens is 4. The Morgan fingerprint density at radius 1 is 1.21 bits per heavy atom. The fourth-order valence-electron chi connectivity index (χ4n) is 3.25. The molecule has 1 aliphatic heterocycles. The van der Waals surface area contributed by atoms with Crippen molar-refractivity contribution in [1.29, 1.82) is 0 Å². The van der Waals surface area contributed by atoms with Crippen molar-refractivity contribution in [2.45, 2.75) is 18.4 Å². The van der Waals surface area contributed by atoms with Gasteiger partial charge in [0.15, 0.2) is 11.6 Å². The van der Waals surface area contributed by atoms with E-state index >= 15 is 0 Å². The summed E-state index contributed by atoms with van der Waals surface area (Å²) in [5.74, 6) is -3.34. The van der Waals surface area contributed by atoms with Crippen molar-refractivity contribution in [1.82, 2.24) is 4.90 Å². The number of rotatable bonds is 6. The predicted octanol–water partition coefficient (Wildman–Crippen LogP) is 3.52. The van der Waals surface area contributed by atoms with Crippen molar-refractivity contribution in [3.05, 3.63) is 68.0 Å². The maximum Gasteiger partial charge on any atom is 0.254 e. The van der Waals surface area contributed by atoms with E-state index in [-0.39, 0.29) is 36.2 Å². The number of hydrogen-bond donors (Lipinski definition) is 1. The van der Waals surface area contributed by atoms with Gasteiger partial charge in [-0.2, -0.15) is 0 Å². The number of hydrogen-bond acceptors (Lipinski definition) is 3. The van der Waals surface area contributed by atoms with Gasteiger partial charge in [0.05, 0.1) is 13.1 Å². The van der Waals surface area contributed by atoms with E-state index in [0.717, 1.165) is 6.07 Å². The Labute approximate surface area is 174 Å². The zero-order valence-electron chi connectivity index (χ0n) is 15.1. The minimum absolute atomic E-state index is 0.0364. The molecule has 28 heavy (non-hydrogen) atoms. The molecule has 0 aromatic heterocycles. The first kappa shape index (κ1) is 21.1. The number of likely N-dealkylation sites (tertiary alicyclic amines) is 1. The third kappa shape index (κ3) is 4.33. The number of nitrogens with zero attached hydrogens (tertiary/aromatic N) is 1. The van der Waals surface area contributed by atoms with Crippen LogP contribution in [0.15, 0.2) is 30.3 Å². The maximum atomic E-state index is 14.5. The zero-order valence-corrected chi connectivity index (χ0v) is 17.3. The third-order valence-corrected chi connectivity index (χ3v) is 5.51. The molecule has 2 aromatic rings. The number of aliphatic hydroxyl groups is 1. The molecule has 0 atom stereocenters. The minimum atomic E-state index is -1.17. The summed E-state index contributed by atoms with van der Waals surface area (Å²) in [5, 5.41) is 10.3. The van der Waals surface area contributed by atoms with E-state index in [0.29, 0.717) is 16.6 Å². The fourth-order valence-corrected chi connectivity index (χ4v) is 3.70. The van der Waals surface area contributed by atoms with Gasteiger partial charge in [0, 0.05) is 41.3 Å². The Bertz CT molecular complexity index is 901. The lowest BCUT2D eigenvalue weighted by Gasteiger charge is -2.46. The van der Waals surface area contributed by atoms with Crippen LogP contribution in [0.4, 0.5) is 13.2 Å². The van der Waals surface area contributed by atoms with Gasteiger partial charge in [0.25, 0.3) is 5.91 Å². The van der Waals surface area contributed by atoms with Gasteiger partial charge < -0.3 is 14.7 Å². The summed E-state index contributed by atoms with van der Waals surface area (Å²) in [6.45, 7) is 0.498. The molecule has 0 radical (unpaired) electrons. The maximum absolute atomic E-state index is 14.5. The molecule has 0 bridgehead atoms. The Hall–Kier alpha value is -1.65. The number of carbonyl (C=O) groups is 1. The van der Waals surface area contributed by atoms with Crippen LogP contribution in [0.2, 0.25) is 0 Å². The van der Waals surface area contributed by atoms with Crippen molar-refractivity contribution in [2.75, 3.05) is 26.8 Å². The zero-order chi connectivity index (χ0) is 20.5. The van der Waals surface area contributed by atoms with Crippen LogP contribution < -0.4 is 0 Å². The molecule has 1 N–H and O–H groups in total. The molecule has 1 aliphatic rings. The Balaban J connectivity index is 1.86. The average Bonchev–Trinajstić information content (AvgIpc) is 2.63. The van der Waals surface area contributed by atoms with Crippen LogP contribution in [-0.4, -0.2) is 48.3 Å². The molecule has 4 nitrogen and oxygen atoms in total. The van der Waals surface area contributed by atoms with Gasteiger partial charge in [-0.25, -0.2) is 13.2 Å². The highest BCUT2D eigenvalue weighted by Crippen LogP contribution is 2.29. The van der Waals surface area contributed by atoms with Crippen molar-refractivity contribution < 1.29 is 27.8 Å². The molecule has 0 spiro atoms. The number of ether oxygens (including phenoxy) is 1. The second-order valence-electron chi connectivity index (χ2n) is 6.93. The van der Waals surface area contributed by atoms with Gasteiger partial charge in [0.2, 0.25) is 0 Å². The van der Waals surface area contributed by atoms with Crippen molar-refractivity contribution in [2.24, 2.45) is 0 Å². The Morgan fingerprint density at radius 3 is 2.57 bits per heavy atom. The van der Waals surface area contributed by atoms with E-state index in [1.807, 2.05) is 22.6 Å². The summed E-state index contributed by atoms with van der Waals surface area (Å²) in [7, 11) is 1.52. The van der Waals surface area contributed by atoms with E-state index < -0.39 is 29.0 Å². The van der Waals surface area contributed by atoms with Gasteiger partial charge in [-0.1, -0.05) is 6.07 Å². The third-order valence-electron chi connectivity index (χ3n) is 4.84. The number of benzene rings is 2. The molecule has 0 saturated carbocycles. The number of amides is 1. The molecule has 0 aliphatic carbocycles. The van der Waals surface area contributed by atoms with Gasteiger partial charge in [0.1, 0.15) is 11.4 Å². The fraction of sp³-hybridized carbons (Fsp3) is 0.350. The first-order valence-corrected chi connectivity index (χ1v) is 9.73. The second kappa shape index (κ2) is 8.38. The first-order valence-electron chi connectivity index (χ1n) is 8.65. The second-order valence-corrected chi connectivity index (χ2v) is 8.17. The molecule has 0 unspecified atom stereocenters. The Morgan fingerprint density at radius 2 is 1.93 bits per heavy atom. The van der Waals surface area contributed by atoms with Crippen molar-refractivity contribution >= 4 is 28.5 Å². The lowest BCUT2D eigenvalue weighted by molar-refractivity contribution is -0.0947. The van der Waals surface area contributed by atoms with Gasteiger partial charge >= 0.3 is 0 Å². The molecule has 8 heteroatoms. The lowest BCUT2D eigenvalue weighted by atomic mass is 9.89. The minimum Gasteiger partial charge on any atom is -0.386 e. The molecular weight excluding hydrogens is 486 g/mol.